The summed E-state index contributed by atoms with van der Waals surface area (Å²) < 4.78 is 0. The van der Waals surface area contributed by atoms with Gasteiger partial charge in [-0.1, -0.05) is 6.08 Å². The third-order valence-corrected chi connectivity index (χ3v) is 1.75. The number of nitrogens with zero attached hydrogens (tertiary/aromatic N) is 2. The van der Waals surface area contributed by atoms with Crippen LogP contribution in [0.3, 0.4) is 0 Å². The summed E-state index contributed by atoms with van der Waals surface area (Å²) in [6.45, 7) is 7.42. The van der Waals surface area contributed by atoms with Crippen molar-refractivity contribution in [2.24, 2.45) is 5.73 Å². The third kappa shape index (κ3) is 1.68. The van der Waals surface area contributed by atoms with Crippen molar-refractivity contribution in [3.05, 3.63) is 35.7 Å². The van der Waals surface area contributed by atoms with Crippen LogP contribution in [0.15, 0.2) is 18.7 Å². The van der Waals surface area contributed by atoms with E-state index in [2.05, 4.69) is 16.8 Å². The van der Waals surface area contributed by atoms with Crippen LogP contribution in [-0.2, 0) is 0 Å². The van der Waals surface area contributed by atoms with Crippen LogP contribution in [0.2, 0.25) is 0 Å². The van der Waals surface area contributed by atoms with Gasteiger partial charge in [0.15, 0.2) is 0 Å². The maximum atomic E-state index is 5.78. The molecule has 1 atom stereocenters. The van der Waals surface area contributed by atoms with E-state index in [1.807, 2.05) is 19.9 Å². The highest BCUT2D eigenvalue weighted by Gasteiger charge is 2.06. The van der Waals surface area contributed by atoms with E-state index in [4.69, 9.17) is 5.73 Å². The van der Waals surface area contributed by atoms with E-state index in [1.165, 1.54) is 0 Å². The van der Waals surface area contributed by atoms with Gasteiger partial charge in [-0.15, -0.1) is 6.58 Å². The van der Waals surface area contributed by atoms with Gasteiger partial charge in [0, 0.05) is 6.04 Å². The molecule has 0 fully saturated rings. The van der Waals surface area contributed by atoms with Gasteiger partial charge < -0.3 is 5.73 Å². The van der Waals surface area contributed by atoms with Crippen molar-refractivity contribution in [1.29, 1.82) is 0 Å². The van der Waals surface area contributed by atoms with Gasteiger partial charge in [-0.05, 0) is 25.5 Å². The summed E-state index contributed by atoms with van der Waals surface area (Å²) in [7, 11) is 0. The summed E-state index contributed by atoms with van der Waals surface area (Å²) in [5.74, 6) is 0. The van der Waals surface area contributed by atoms with Crippen LogP contribution in [0.1, 0.15) is 23.0 Å². The third-order valence-electron chi connectivity index (χ3n) is 1.75. The molecule has 3 heteroatoms. The lowest BCUT2D eigenvalue weighted by Crippen LogP contribution is -2.10. The maximum Gasteiger partial charge on any atom is 0.0651 e. The molecule has 1 aromatic rings. The first-order valence-electron chi connectivity index (χ1n) is 3.84. The summed E-state index contributed by atoms with van der Waals surface area (Å²) in [6.07, 6.45) is 1.70. The second-order valence-electron chi connectivity index (χ2n) is 2.79. The zero-order valence-corrected chi connectivity index (χ0v) is 7.41. The van der Waals surface area contributed by atoms with Crippen molar-refractivity contribution in [2.75, 3.05) is 0 Å². The molecule has 1 heterocycles. The van der Waals surface area contributed by atoms with Crippen LogP contribution < -0.4 is 5.73 Å². The normalized spacial score (nSPS) is 12.6. The summed E-state index contributed by atoms with van der Waals surface area (Å²) in [4.78, 5) is 0. The lowest BCUT2D eigenvalue weighted by atomic mass is 10.1. The molecule has 0 saturated heterocycles. The monoisotopic (exact) mass is 163 g/mol. The highest BCUT2D eigenvalue weighted by Crippen LogP contribution is 2.13. The topological polar surface area (TPSA) is 51.8 Å². The molecule has 0 saturated carbocycles. The van der Waals surface area contributed by atoms with Crippen LogP contribution in [0.5, 0.6) is 0 Å². The number of nitrogens with two attached hydrogens (primary N) is 1. The van der Waals surface area contributed by atoms with E-state index in [1.54, 1.807) is 6.08 Å². The van der Waals surface area contributed by atoms with Gasteiger partial charge in [-0.3, -0.25) is 0 Å². The molecule has 0 radical (unpaired) electrons. The molecule has 1 unspecified atom stereocenters. The van der Waals surface area contributed by atoms with Gasteiger partial charge in [0.25, 0.3) is 0 Å². The van der Waals surface area contributed by atoms with E-state index in [0.29, 0.717) is 0 Å². The molecule has 1 aromatic heterocycles. The SMILES string of the molecule is C=CC(N)c1cc(C)nnc1C. The first-order chi connectivity index (χ1) is 5.65. The molecule has 64 valence electrons. The smallest absolute Gasteiger partial charge is 0.0651 e. The lowest BCUT2D eigenvalue weighted by Gasteiger charge is -2.08. The quantitative estimate of drug-likeness (QED) is 0.668. The minimum Gasteiger partial charge on any atom is -0.321 e. The molecule has 2 N–H and O–H groups in total. The molecule has 12 heavy (non-hydrogen) atoms. The second kappa shape index (κ2) is 3.45. The Morgan fingerprint density at radius 2 is 2.17 bits per heavy atom. The van der Waals surface area contributed by atoms with Gasteiger partial charge in [0.2, 0.25) is 0 Å². The fourth-order valence-corrected chi connectivity index (χ4v) is 1.03. The first-order valence-corrected chi connectivity index (χ1v) is 3.84. The van der Waals surface area contributed by atoms with Gasteiger partial charge in [0.1, 0.15) is 0 Å². The van der Waals surface area contributed by atoms with Gasteiger partial charge in [-0.2, -0.15) is 10.2 Å². The number of hydrogen-bond acceptors (Lipinski definition) is 3. The van der Waals surface area contributed by atoms with Crippen LogP contribution >= 0.6 is 0 Å². The molecule has 3 nitrogen and oxygen atoms in total. The molecule has 0 aliphatic heterocycles. The summed E-state index contributed by atoms with van der Waals surface area (Å²) >= 11 is 0. The summed E-state index contributed by atoms with van der Waals surface area (Å²) in [5, 5.41) is 7.89. The van der Waals surface area contributed by atoms with Crippen LogP contribution in [0.4, 0.5) is 0 Å². The van der Waals surface area contributed by atoms with Crippen molar-refractivity contribution in [3.63, 3.8) is 0 Å². The Morgan fingerprint density at radius 1 is 1.50 bits per heavy atom. The second-order valence-corrected chi connectivity index (χ2v) is 2.79. The van der Waals surface area contributed by atoms with E-state index in [-0.39, 0.29) is 6.04 Å². The highest BCUT2D eigenvalue weighted by molar-refractivity contribution is 5.25. The zero-order chi connectivity index (χ0) is 9.14. The predicted molar refractivity (Wildman–Crippen MR) is 48.6 cm³/mol. The highest BCUT2D eigenvalue weighted by atomic mass is 15.1. The molecule has 1 rings (SSSR count). The van der Waals surface area contributed by atoms with Crippen molar-refractivity contribution in [2.45, 2.75) is 19.9 Å². The fourth-order valence-electron chi connectivity index (χ4n) is 1.03. The summed E-state index contributed by atoms with van der Waals surface area (Å²) in [6, 6.07) is 1.80. The first kappa shape index (κ1) is 8.87. The number of aryl methyl sites for hydroxylation is 2. The Hall–Kier alpha value is -1.22. The molecule has 0 aliphatic carbocycles. The average Bonchev–Trinajstić information content (AvgIpc) is 2.08. The Balaban J connectivity index is 3.12. The number of aromatic nitrogens is 2. The molecule has 0 bridgehead atoms. The molecule has 0 aliphatic rings. The number of hydrogen-bond donors (Lipinski definition) is 1. The van der Waals surface area contributed by atoms with Crippen molar-refractivity contribution >= 4 is 0 Å². The molecule has 0 spiro atoms. The van der Waals surface area contributed by atoms with Crippen LogP contribution in [0, 0.1) is 13.8 Å². The van der Waals surface area contributed by atoms with Gasteiger partial charge >= 0.3 is 0 Å². The molecule has 0 aromatic carbocycles. The zero-order valence-electron chi connectivity index (χ0n) is 7.41. The largest absolute Gasteiger partial charge is 0.321 e. The number of rotatable bonds is 2. The van der Waals surface area contributed by atoms with E-state index >= 15 is 0 Å². The van der Waals surface area contributed by atoms with Crippen LogP contribution in [0.25, 0.3) is 0 Å². The van der Waals surface area contributed by atoms with Gasteiger partial charge in [-0.25, -0.2) is 0 Å². The lowest BCUT2D eigenvalue weighted by molar-refractivity contribution is 0.836. The minimum absolute atomic E-state index is 0.140. The maximum absolute atomic E-state index is 5.78. The van der Waals surface area contributed by atoms with E-state index in [0.717, 1.165) is 17.0 Å². The van der Waals surface area contributed by atoms with Crippen molar-refractivity contribution in [1.82, 2.24) is 10.2 Å². The van der Waals surface area contributed by atoms with E-state index in [9.17, 15) is 0 Å². The fraction of sp³-hybridized carbons (Fsp3) is 0.333. The molecule has 0 amide bonds. The summed E-state index contributed by atoms with van der Waals surface area (Å²) in [5.41, 5.74) is 8.53. The Kier molecular flexibility index (Phi) is 2.55. The van der Waals surface area contributed by atoms with Gasteiger partial charge in [0.05, 0.1) is 11.4 Å². The van der Waals surface area contributed by atoms with Crippen LogP contribution in [-0.4, -0.2) is 10.2 Å². The Morgan fingerprint density at radius 3 is 2.75 bits per heavy atom. The molecular weight excluding hydrogens is 150 g/mol. The minimum atomic E-state index is -0.140. The van der Waals surface area contributed by atoms with E-state index < -0.39 is 0 Å². The van der Waals surface area contributed by atoms with Crippen molar-refractivity contribution in [3.8, 4) is 0 Å². The Labute approximate surface area is 72.3 Å². The Bertz CT molecular complexity index is 294. The predicted octanol–water partition coefficient (Wildman–Crippen LogP) is 1.28. The molecular formula is C9H13N3. The average molecular weight is 163 g/mol. The standard InChI is InChI=1S/C9H13N3/c1-4-9(10)8-5-6(2)11-12-7(8)3/h4-5,9H,1,10H2,2-3H3. The van der Waals surface area contributed by atoms with Crippen molar-refractivity contribution < 1.29 is 0 Å².